The Morgan fingerprint density at radius 3 is 1.36 bits per heavy atom. The van der Waals surface area contributed by atoms with Crippen LogP contribution in [-0.2, 0) is 0 Å². The second-order valence-electron chi connectivity index (χ2n) is 13.9. The van der Waals surface area contributed by atoms with Crippen molar-refractivity contribution in [3.05, 3.63) is 65.4 Å². The Hall–Kier alpha value is -2.81. The lowest BCUT2D eigenvalue weighted by atomic mass is 9.97. The molecule has 47 heavy (non-hydrogen) atoms. The molecular weight excluding hydrogens is 574 g/mol. The van der Waals surface area contributed by atoms with E-state index in [1.54, 1.807) is 0 Å². The number of rotatable bonds is 26. The monoisotopic (exact) mass is 642 g/mol. The topological polar surface area (TPSA) is 31.4 Å². The van der Waals surface area contributed by atoms with Crippen molar-refractivity contribution in [1.29, 1.82) is 0 Å². The van der Waals surface area contributed by atoms with Gasteiger partial charge in [0.2, 0.25) is 0 Å². The van der Waals surface area contributed by atoms with Crippen LogP contribution in [0.5, 0.6) is 11.5 Å². The fourth-order valence-corrected chi connectivity index (χ4v) is 6.38. The van der Waals surface area contributed by atoms with E-state index in [0.29, 0.717) is 0 Å². The first-order valence-corrected chi connectivity index (χ1v) is 19.5. The van der Waals surface area contributed by atoms with Crippen molar-refractivity contribution in [3.63, 3.8) is 0 Å². The molecule has 0 amide bonds. The van der Waals surface area contributed by atoms with Crippen molar-refractivity contribution < 1.29 is 9.47 Å². The number of aromatic nitrogens is 1. The summed E-state index contributed by atoms with van der Waals surface area (Å²) in [6.45, 7) is 12.6. The molecule has 2 aromatic carbocycles. The van der Waals surface area contributed by atoms with Gasteiger partial charge in [-0.15, -0.1) is 0 Å². The molecule has 0 saturated heterocycles. The molecule has 0 saturated carbocycles. The number of nitrogens with zero attached hydrogens (tertiary/aromatic N) is 1. The lowest BCUT2D eigenvalue weighted by Gasteiger charge is -2.15. The van der Waals surface area contributed by atoms with Crippen LogP contribution in [-0.4, -0.2) is 18.2 Å². The minimum Gasteiger partial charge on any atom is -0.490 e. The molecule has 0 N–H and O–H groups in total. The highest BCUT2D eigenvalue weighted by molar-refractivity contribution is 5.69. The fourth-order valence-electron chi connectivity index (χ4n) is 6.38. The van der Waals surface area contributed by atoms with Crippen molar-refractivity contribution >= 4 is 0 Å². The van der Waals surface area contributed by atoms with Crippen LogP contribution >= 0.6 is 0 Å². The van der Waals surface area contributed by atoms with Crippen LogP contribution in [0.3, 0.4) is 0 Å². The van der Waals surface area contributed by atoms with Gasteiger partial charge in [-0.1, -0.05) is 148 Å². The lowest BCUT2D eigenvalue weighted by Crippen LogP contribution is -2.03. The van der Waals surface area contributed by atoms with Crippen molar-refractivity contribution in [2.45, 2.75) is 163 Å². The van der Waals surface area contributed by atoms with Crippen LogP contribution in [0.1, 0.15) is 159 Å². The summed E-state index contributed by atoms with van der Waals surface area (Å²) in [5.74, 6) is 1.71. The smallest absolute Gasteiger partial charge is 0.161 e. The first-order chi connectivity index (χ1) is 23.0. The van der Waals surface area contributed by atoms with Crippen molar-refractivity contribution in [2.75, 3.05) is 13.2 Å². The van der Waals surface area contributed by atoms with Crippen LogP contribution < -0.4 is 9.47 Å². The maximum absolute atomic E-state index is 6.40. The molecule has 1 aromatic heterocycles. The van der Waals surface area contributed by atoms with Gasteiger partial charge < -0.3 is 9.47 Å². The van der Waals surface area contributed by atoms with Crippen LogP contribution in [0, 0.1) is 20.8 Å². The summed E-state index contributed by atoms with van der Waals surface area (Å²) in [5.41, 5.74) is 8.40. The molecule has 0 bridgehead atoms. The molecule has 0 unspecified atom stereocenters. The first-order valence-electron chi connectivity index (χ1n) is 19.5. The summed E-state index contributed by atoms with van der Waals surface area (Å²) in [6.07, 6.45) is 28.5. The van der Waals surface area contributed by atoms with Gasteiger partial charge in [-0.2, -0.15) is 0 Å². The highest BCUT2D eigenvalue weighted by Crippen LogP contribution is 2.34. The quantitative estimate of drug-likeness (QED) is 0.0817. The predicted molar refractivity (Wildman–Crippen MR) is 204 cm³/mol. The Morgan fingerprint density at radius 1 is 0.447 bits per heavy atom. The Bertz CT molecular complexity index is 1230. The molecule has 0 radical (unpaired) electrons. The SMILES string of the molecule is CCCCCCCCCCCCOc1ccc(-c2ccc(-c3cc(C)c(C)c(C)c3)cn2)cc1OCCCCCCCCCCCC. The number of hydrogen-bond acceptors (Lipinski definition) is 3. The second-order valence-corrected chi connectivity index (χ2v) is 13.9. The molecule has 1 heterocycles. The van der Waals surface area contributed by atoms with E-state index < -0.39 is 0 Å². The number of unbranched alkanes of at least 4 members (excludes halogenated alkanes) is 18. The second kappa shape index (κ2) is 23.5. The van der Waals surface area contributed by atoms with Gasteiger partial charge in [0.25, 0.3) is 0 Å². The minimum absolute atomic E-state index is 0.729. The van der Waals surface area contributed by atoms with E-state index in [1.165, 1.54) is 138 Å². The molecule has 0 fully saturated rings. The third-order valence-electron chi connectivity index (χ3n) is 9.77. The summed E-state index contributed by atoms with van der Waals surface area (Å²) >= 11 is 0. The molecule has 3 heteroatoms. The van der Waals surface area contributed by atoms with Gasteiger partial charge in [0.05, 0.1) is 18.9 Å². The van der Waals surface area contributed by atoms with Gasteiger partial charge in [0, 0.05) is 17.3 Å². The molecule has 3 aromatic rings. The van der Waals surface area contributed by atoms with E-state index in [0.717, 1.165) is 54.4 Å². The number of pyridine rings is 1. The van der Waals surface area contributed by atoms with Gasteiger partial charge in [-0.25, -0.2) is 0 Å². The van der Waals surface area contributed by atoms with E-state index in [1.807, 2.05) is 6.20 Å². The molecular formula is C44H67NO2. The summed E-state index contributed by atoms with van der Waals surface area (Å²) in [5, 5.41) is 0. The van der Waals surface area contributed by atoms with E-state index in [2.05, 4.69) is 77.1 Å². The lowest BCUT2D eigenvalue weighted by molar-refractivity contribution is 0.258. The largest absolute Gasteiger partial charge is 0.490 e. The minimum atomic E-state index is 0.729. The maximum atomic E-state index is 6.40. The number of ether oxygens (including phenoxy) is 2. The summed E-state index contributed by atoms with van der Waals surface area (Å²) < 4.78 is 12.7. The predicted octanol–water partition coefficient (Wildman–Crippen LogP) is 13.9. The van der Waals surface area contributed by atoms with Crippen LogP contribution in [0.2, 0.25) is 0 Å². The number of aryl methyl sites for hydroxylation is 2. The third-order valence-corrected chi connectivity index (χ3v) is 9.77. The van der Waals surface area contributed by atoms with Crippen LogP contribution in [0.25, 0.3) is 22.4 Å². The Morgan fingerprint density at radius 2 is 0.894 bits per heavy atom. The highest BCUT2D eigenvalue weighted by Gasteiger charge is 2.11. The van der Waals surface area contributed by atoms with E-state index in [9.17, 15) is 0 Å². The van der Waals surface area contributed by atoms with E-state index >= 15 is 0 Å². The van der Waals surface area contributed by atoms with Crippen molar-refractivity contribution in [2.24, 2.45) is 0 Å². The molecule has 3 rings (SSSR count). The zero-order valence-electron chi connectivity index (χ0n) is 30.9. The standard InChI is InChI=1S/C44H67NO2/c1-6-8-10-12-14-16-18-20-22-24-30-46-43-29-27-39(34-44(43)47-31-25-23-21-19-17-15-13-11-9-7-2)42-28-26-40(35-45-42)41-32-36(3)38(5)37(4)33-41/h26-29,32-35H,6-25,30-31H2,1-5H3. The average Bonchev–Trinajstić information content (AvgIpc) is 3.08. The Kier molecular flexibility index (Phi) is 19.3. The summed E-state index contributed by atoms with van der Waals surface area (Å²) in [7, 11) is 0. The van der Waals surface area contributed by atoms with Gasteiger partial charge in [0.15, 0.2) is 11.5 Å². The number of hydrogen-bond donors (Lipinski definition) is 0. The zero-order chi connectivity index (χ0) is 33.5. The molecule has 0 aliphatic heterocycles. The average molecular weight is 642 g/mol. The fraction of sp³-hybridized carbons (Fsp3) is 0.614. The van der Waals surface area contributed by atoms with Gasteiger partial charge in [0.1, 0.15) is 0 Å². The van der Waals surface area contributed by atoms with Gasteiger partial charge in [-0.05, 0) is 80.1 Å². The van der Waals surface area contributed by atoms with Gasteiger partial charge in [-0.3, -0.25) is 4.98 Å². The first kappa shape index (κ1) is 38.6. The highest BCUT2D eigenvalue weighted by atomic mass is 16.5. The normalized spacial score (nSPS) is 11.3. The van der Waals surface area contributed by atoms with Crippen LogP contribution in [0.4, 0.5) is 0 Å². The molecule has 0 aliphatic rings. The Balaban J connectivity index is 1.53. The summed E-state index contributed by atoms with van der Waals surface area (Å²) in [4.78, 5) is 4.87. The molecule has 0 aliphatic carbocycles. The van der Waals surface area contributed by atoms with Crippen molar-refractivity contribution in [1.82, 2.24) is 4.98 Å². The molecule has 3 nitrogen and oxygen atoms in total. The maximum Gasteiger partial charge on any atom is 0.161 e. The molecule has 260 valence electrons. The molecule has 0 spiro atoms. The van der Waals surface area contributed by atoms with E-state index in [4.69, 9.17) is 14.5 Å². The summed E-state index contributed by atoms with van der Waals surface area (Å²) in [6, 6.07) is 15.2. The zero-order valence-corrected chi connectivity index (χ0v) is 30.9. The van der Waals surface area contributed by atoms with E-state index in [-0.39, 0.29) is 0 Å². The number of benzene rings is 2. The molecule has 0 atom stereocenters. The third kappa shape index (κ3) is 14.9. The Labute approximate surface area is 289 Å². The van der Waals surface area contributed by atoms with Crippen LogP contribution in [0.15, 0.2) is 48.7 Å². The van der Waals surface area contributed by atoms with Crippen molar-refractivity contribution in [3.8, 4) is 33.9 Å². The van der Waals surface area contributed by atoms with Gasteiger partial charge >= 0.3 is 0 Å².